The van der Waals surface area contributed by atoms with Gasteiger partial charge in [-0.05, 0) is 55.9 Å². The van der Waals surface area contributed by atoms with E-state index in [9.17, 15) is 5.11 Å². The molecule has 1 N–H and O–H groups in total. The van der Waals surface area contributed by atoms with E-state index in [2.05, 4.69) is 17.9 Å². The molecule has 1 aliphatic rings. The monoisotopic (exact) mass is 256 g/mol. The van der Waals surface area contributed by atoms with Crippen LogP contribution in [0, 0.1) is 11.8 Å². The van der Waals surface area contributed by atoms with E-state index in [1.807, 2.05) is 24.3 Å². The fourth-order valence-corrected chi connectivity index (χ4v) is 2.14. The molecule has 0 spiro atoms. The lowest BCUT2D eigenvalue weighted by molar-refractivity contribution is 0.122. The Morgan fingerprint density at radius 1 is 1.21 bits per heavy atom. The summed E-state index contributed by atoms with van der Waals surface area (Å²) in [5.41, 5.74) is 0.821. The number of aliphatic hydroxyl groups is 1. The summed E-state index contributed by atoms with van der Waals surface area (Å²) >= 11 is 0. The van der Waals surface area contributed by atoms with E-state index in [1.54, 1.807) is 14.0 Å². The van der Waals surface area contributed by atoms with Gasteiger partial charge < -0.3 is 9.84 Å². The molecule has 0 heterocycles. The molecule has 0 saturated carbocycles. The van der Waals surface area contributed by atoms with Gasteiger partial charge >= 0.3 is 0 Å². The zero-order chi connectivity index (χ0) is 13.7. The molecule has 1 atom stereocenters. The van der Waals surface area contributed by atoms with Crippen LogP contribution in [0.2, 0.25) is 0 Å². The lowest BCUT2D eigenvalue weighted by atomic mass is 9.94. The highest BCUT2D eigenvalue weighted by Crippen LogP contribution is 2.23. The number of allylic oxidation sites excluding steroid dienone is 2. The minimum Gasteiger partial charge on any atom is -0.497 e. The van der Waals surface area contributed by atoms with Crippen molar-refractivity contribution in [2.45, 2.75) is 38.2 Å². The lowest BCUT2D eigenvalue weighted by Crippen LogP contribution is -2.18. The molecule has 0 amide bonds. The van der Waals surface area contributed by atoms with Gasteiger partial charge in [-0.15, -0.1) is 0 Å². The summed E-state index contributed by atoms with van der Waals surface area (Å²) in [5.74, 6) is 6.88. The van der Waals surface area contributed by atoms with Crippen LogP contribution >= 0.6 is 0 Å². The smallest absolute Gasteiger partial charge is 0.148 e. The maximum atomic E-state index is 10.4. The van der Waals surface area contributed by atoms with Crippen molar-refractivity contribution in [3.63, 3.8) is 0 Å². The van der Waals surface area contributed by atoms with Crippen LogP contribution in [0.4, 0.5) is 0 Å². The standard InChI is InChI=1S/C17H20O2/c1-17(18,13-12-14-6-4-3-5-7-14)15-8-10-16(19-2)11-9-15/h6,8-11,18H,3-5,7H2,1-2H3. The third kappa shape index (κ3) is 3.62. The van der Waals surface area contributed by atoms with Crippen LogP contribution in [0.15, 0.2) is 35.9 Å². The van der Waals surface area contributed by atoms with E-state index in [0.717, 1.165) is 29.7 Å². The zero-order valence-corrected chi connectivity index (χ0v) is 11.6. The fraction of sp³-hybridized carbons (Fsp3) is 0.412. The SMILES string of the molecule is COc1ccc(C(C)(O)C#CC2=CCCCC2)cc1. The van der Waals surface area contributed by atoms with Crippen molar-refractivity contribution in [2.24, 2.45) is 0 Å². The van der Waals surface area contributed by atoms with E-state index in [0.29, 0.717) is 0 Å². The molecule has 19 heavy (non-hydrogen) atoms. The van der Waals surface area contributed by atoms with Crippen molar-refractivity contribution in [3.8, 4) is 17.6 Å². The average Bonchev–Trinajstić information content (AvgIpc) is 2.46. The Hall–Kier alpha value is -1.72. The number of benzene rings is 1. The van der Waals surface area contributed by atoms with Gasteiger partial charge in [0.15, 0.2) is 0 Å². The van der Waals surface area contributed by atoms with Crippen molar-refractivity contribution >= 4 is 0 Å². The summed E-state index contributed by atoms with van der Waals surface area (Å²) in [6, 6.07) is 7.38. The molecule has 2 nitrogen and oxygen atoms in total. The number of ether oxygens (including phenoxy) is 1. The van der Waals surface area contributed by atoms with E-state index in [1.165, 1.54) is 12.8 Å². The normalized spacial score (nSPS) is 17.7. The van der Waals surface area contributed by atoms with Crippen LogP contribution in [0.3, 0.4) is 0 Å². The van der Waals surface area contributed by atoms with Gasteiger partial charge in [0.2, 0.25) is 0 Å². The van der Waals surface area contributed by atoms with Gasteiger partial charge in [-0.25, -0.2) is 0 Å². The fourth-order valence-electron chi connectivity index (χ4n) is 2.14. The van der Waals surface area contributed by atoms with Crippen LogP contribution in [0.1, 0.15) is 38.2 Å². The maximum absolute atomic E-state index is 10.4. The quantitative estimate of drug-likeness (QED) is 0.822. The summed E-state index contributed by atoms with van der Waals surface area (Å²) in [6.45, 7) is 1.73. The molecule has 1 aromatic rings. The Bertz CT molecular complexity index is 512. The molecule has 2 rings (SSSR count). The summed E-state index contributed by atoms with van der Waals surface area (Å²) < 4.78 is 5.11. The highest BCUT2D eigenvalue weighted by molar-refractivity contribution is 5.39. The zero-order valence-electron chi connectivity index (χ0n) is 11.6. The first-order valence-corrected chi connectivity index (χ1v) is 6.71. The van der Waals surface area contributed by atoms with Crippen molar-refractivity contribution in [1.29, 1.82) is 0 Å². The van der Waals surface area contributed by atoms with Gasteiger partial charge in [0.25, 0.3) is 0 Å². The number of hydrogen-bond donors (Lipinski definition) is 1. The molecule has 0 saturated heterocycles. The molecule has 2 heteroatoms. The first-order chi connectivity index (χ1) is 9.12. The van der Waals surface area contributed by atoms with Gasteiger partial charge in [-0.3, -0.25) is 0 Å². The Kier molecular flexibility index (Phi) is 4.29. The van der Waals surface area contributed by atoms with Gasteiger partial charge in [-0.2, -0.15) is 0 Å². The molecular formula is C17H20O2. The van der Waals surface area contributed by atoms with Crippen LogP contribution in [-0.4, -0.2) is 12.2 Å². The van der Waals surface area contributed by atoms with Gasteiger partial charge in [-0.1, -0.05) is 30.0 Å². The third-order valence-corrected chi connectivity index (χ3v) is 3.41. The van der Waals surface area contributed by atoms with Gasteiger partial charge in [0.05, 0.1) is 7.11 Å². The number of hydrogen-bond acceptors (Lipinski definition) is 2. The van der Waals surface area contributed by atoms with Crippen molar-refractivity contribution in [3.05, 3.63) is 41.5 Å². The van der Waals surface area contributed by atoms with Crippen molar-refractivity contribution in [1.82, 2.24) is 0 Å². The van der Waals surface area contributed by atoms with E-state index < -0.39 is 5.60 Å². The summed E-state index contributed by atoms with van der Waals surface area (Å²) in [6.07, 6.45) is 6.77. The third-order valence-electron chi connectivity index (χ3n) is 3.41. The molecule has 0 bridgehead atoms. The van der Waals surface area contributed by atoms with Crippen LogP contribution in [0.25, 0.3) is 0 Å². The predicted molar refractivity (Wildman–Crippen MR) is 76.9 cm³/mol. The van der Waals surface area contributed by atoms with E-state index in [-0.39, 0.29) is 0 Å². The Balaban J connectivity index is 2.16. The van der Waals surface area contributed by atoms with Gasteiger partial charge in [0.1, 0.15) is 11.4 Å². The lowest BCUT2D eigenvalue weighted by Gasteiger charge is -2.17. The molecule has 1 unspecified atom stereocenters. The van der Waals surface area contributed by atoms with Crippen molar-refractivity contribution < 1.29 is 9.84 Å². The molecule has 0 aromatic heterocycles. The highest BCUT2D eigenvalue weighted by atomic mass is 16.5. The highest BCUT2D eigenvalue weighted by Gasteiger charge is 2.19. The maximum Gasteiger partial charge on any atom is 0.148 e. The van der Waals surface area contributed by atoms with E-state index in [4.69, 9.17) is 4.74 Å². The molecule has 0 aliphatic heterocycles. The number of rotatable bonds is 2. The first-order valence-electron chi connectivity index (χ1n) is 6.71. The molecule has 1 aliphatic carbocycles. The van der Waals surface area contributed by atoms with Crippen molar-refractivity contribution in [2.75, 3.05) is 7.11 Å². The van der Waals surface area contributed by atoms with Crippen LogP contribution in [-0.2, 0) is 5.60 Å². The molecular weight excluding hydrogens is 236 g/mol. The number of methoxy groups -OCH3 is 1. The second-order valence-corrected chi connectivity index (χ2v) is 5.03. The van der Waals surface area contributed by atoms with Gasteiger partial charge in [0, 0.05) is 0 Å². The minimum atomic E-state index is -1.12. The topological polar surface area (TPSA) is 29.5 Å². The summed E-state index contributed by atoms with van der Waals surface area (Å²) in [7, 11) is 1.63. The average molecular weight is 256 g/mol. The molecule has 0 radical (unpaired) electrons. The van der Waals surface area contributed by atoms with Crippen LogP contribution in [0.5, 0.6) is 5.75 Å². The Morgan fingerprint density at radius 2 is 1.95 bits per heavy atom. The Morgan fingerprint density at radius 3 is 2.53 bits per heavy atom. The van der Waals surface area contributed by atoms with Crippen LogP contribution < -0.4 is 4.74 Å². The first kappa shape index (κ1) is 13.7. The van der Waals surface area contributed by atoms with E-state index >= 15 is 0 Å². The largest absolute Gasteiger partial charge is 0.497 e. The second kappa shape index (κ2) is 5.95. The second-order valence-electron chi connectivity index (χ2n) is 5.03. The predicted octanol–water partition coefficient (Wildman–Crippen LogP) is 3.41. The molecule has 1 aromatic carbocycles. The Labute approximate surface area is 115 Å². The summed E-state index contributed by atoms with van der Waals surface area (Å²) in [5, 5.41) is 10.4. The minimum absolute atomic E-state index is 0.780. The molecule has 100 valence electrons. The summed E-state index contributed by atoms with van der Waals surface area (Å²) in [4.78, 5) is 0. The molecule has 0 fully saturated rings.